The van der Waals surface area contributed by atoms with Gasteiger partial charge in [-0.2, -0.15) is 0 Å². The van der Waals surface area contributed by atoms with Crippen LogP contribution in [0.1, 0.15) is 24.9 Å². The van der Waals surface area contributed by atoms with Crippen molar-refractivity contribution in [3.63, 3.8) is 0 Å². The number of nitrogens with one attached hydrogen (secondary N) is 2. The summed E-state index contributed by atoms with van der Waals surface area (Å²) in [4.78, 5) is 24.3. The summed E-state index contributed by atoms with van der Waals surface area (Å²) in [5.74, 6) is 0.439. The molecule has 2 aromatic carbocycles. The first-order valence-electron chi connectivity index (χ1n) is 8.42. The number of hydrogen-bond donors (Lipinski definition) is 2. The average Bonchev–Trinajstić information content (AvgIpc) is 2.67. The quantitative estimate of drug-likeness (QED) is 0.696. The summed E-state index contributed by atoms with van der Waals surface area (Å²) < 4.78 is 15.7. The number of anilines is 1. The Kier molecular flexibility index (Phi) is 7.05. The Morgan fingerprint density at radius 3 is 2.04 bits per heavy atom. The fourth-order valence-electron chi connectivity index (χ4n) is 2.62. The monoisotopic (exact) mass is 372 g/mol. The second kappa shape index (κ2) is 9.47. The number of carbonyl (C=O) groups excluding carboxylic acids is 2. The zero-order chi connectivity index (χ0) is 19.8. The summed E-state index contributed by atoms with van der Waals surface area (Å²) in [5.41, 5.74) is 1.41. The van der Waals surface area contributed by atoms with Crippen molar-refractivity contribution in [1.82, 2.24) is 5.32 Å². The lowest BCUT2D eigenvalue weighted by Crippen LogP contribution is -2.30. The summed E-state index contributed by atoms with van der Waals surface area (Å²) in [6, 6.07) is 12.6. The summed E-state index contributed by atoms with van der Waals surface area (Å²) in [5, 5.41) is 5.48. The van der Waals surface area contributed by atoms with Crippen LogP contribution in [0.2, 0.25) is 0 Å². The Labute approximate surface area is 158 Å². The number of benzene rings is 2. The first kappa shape index (κ1) is 20.1. The number of amides is 2. The van der Waals surface area contributed by atoms with Crippen LogP contribution >= 0.6 is 0 Å². The SMILES string of the molecule is COc1cc(NC(=O)CC(=O)NC(C)c2ccccc2)cc(OC)c1OC. The number of methoxy groups -OCH3 is 3. The molecule has 0 fully saturated rings. The molecule has 0 saturated carbocycles. The van der Waals surface area contributed by atoms with Gasteiger partial charge in [0.25, 0.3) is 0 Å². The minimum Gasteiger partial charge on any atom is -0.493 e. The van der Waals surface area contributed by atoms with Crippen molar-refractivity contribution in [2.24, 2.45) is 0 Å². The molecule has 0 aliphatic heterocycles. The molecule has 2 N–H and O–H groups in total. The summed E-state index contributed by atoms with van der Waals surface area (Å²) in [7, 11) is 4.47. The van der Waals surface area contributed by atoms with Gasteiger partial charge in [-0.05, 0) is 12.5 Å². The number of hydrogen-bond acceptors (Lipinski definition) is 5. The van der Waals surface area contributed by atoms with Crippen molar-refractivity contribution in [2.75, 3.05) is 26.6 Å². The lowest BCUT2D eigenvalue weighted by Gasteiger charge is -2.15. The van der Waals surface area contributed by atoms with E-state index in [-0.39, 0.29) is 18.4 Å². The normalized spacial score (nSPS) is 11.3. The van der Waals surface area contributed by atoms with Gasteiger partial charge in [-0.3, -0.25) is 9.59 Å². The Morgan fingerprint density at radius 2 is 1.52 bits per heavy atom. The predicted molar refractivity (Wildman–Crippen MR) is 102 cm³/mol. The summed E-state index contributed by atoms with van der Waals surface area (Å²) in [6.07, 6.45) is -0.298. The van der Waals surface area contributed by atoms with Crippen LogP contribution in [-0.4, -0.2) is 33.1 Å². The van der Waals surface area contributed by atoms with Crippen LogP contribution in [0.15, 0.2) is 42.5 Å². The lowest BCUT2D eigenvalue weighted by atomic mass is 10.1. The molecule has 1 unspecified atom stereocenters. The minimum absolute atomic E-state index is 0.187. The molecule has 0 aliphatic carbocycles. The second-order valence-electron chi connectivity index (χ2n) is 5.84. The van der Waals surface area contributed by atoms with E-state index < -0.39 is 5.91 Å². The van der Waals surface area contributed by atoms with E-state index >= 15 is 0 Å². The topological polar surface area (TPSA) is 85.9 Å². The second-order valence-corrected chi connectivity index (χ2v) is 5.84. The Balaban J connectivity index is 2.00. The third-order valence-electron chi connectivity index (χ3n) is 3.95. The van der Waals surface area contributed by atoms with Gasteiger partial charge in [0.2, 0.25) is 17.6 Å². The van der Waals surface area contributed by atoms with Gasteiger partial charge < -0.3 is 24.8 Å². The fourth-order valence-corrected chi connectivity index (χ4v) is 2.62. The van der Waals surface area contributed by atoms with E-state index in [0.29, 0.717) is 22.9 Å². The van der Waals surface area contributed by atoms with Crippen LogP contribution < -0.4 is 24.8 Å². The van der Waals surface area contributed by atoms with E-state index in [9.17, 15) is 9.59 Å². The minimum atomic E-state index is -0.443. The largest absolute Gasteiger partial charge is 0.493 e. The first-order valence-corrected chi connectivity index (χ1v) is 8.42. The van der Waals surface area contributed by atoms with E-state index in [1.807, 2.05) is 37.3 Å². The molecule has 2 aromatic rings. The molecule has 0 radical (unpaired) electrons. The zero-order valence-corrected chi connectivity index (χ0v) is 15.9. The van der Waals surface area contributed by atoms with Crippen LogP contribution in [0.25, 0.3) is 0 Å². The smallest absolute Gasteiger partial charge is 0.233 e. The maximum Gasteiger partial charge on any atom is 0.233 e. The van der Waals surface area contributed by atoms with Crippen LogP contribution in [0.4, 0.5) is 5.69 Å². The van der Waals surface area contributed by atoms with Gasteiger partial charge in [-0.25, -0.2) is 0 Å². The molecule has 27 heavy (non-hydrogen) atoms. The van der Waals surface area contributed by atoms with Crippen molar-refractivity contribution in [1.29, 1.82) is 0 Å². The Bertz CT molecular complexity index is 767. The van der Waals surface area contributed by atoms with E-state index in [1.54, 1.807) is 12.1 Å². The maximum atomic E-state index is 12.2. The molecule has 0 bridgehead atoms. The molecule has 144 valence electrons. The first-order chi connectivity index (χ1) is 13.0. The van der Waals surface area contributed by atoms with E-state index in [0.717, 1.165) is 5.56 Å². The highest BCUT2D eigenvalue weighted by molar-refractivity contribution is 6.03. The molecule has 0 aliphatic rings. The Hall–Kier alpha value is -3.22. The van der Waals surface area contributed by atoms with Crippen LogP contribution in [0, 0.1) is 0 Å². The number of ether oxygens (including phenoxy) is 3. The molecule has 7 heteroatoms. The molecule has 2 amide bonds. The van der Waals surface area contributed by atoms with E-state index in [4.69, 9.17) is 14.2 Å². The van der Waals surface area contributed by atoms with Gasteiger partial charge in [0.15, 0.2) is 11.5 Å². The molecule has 0 heterocycles. The summed E-state index contributed by atoms with van der Waals surface area (Å²) in [6.45, 7) is 1.87. The molecule has 1 atom stereocenters. The van der Waals surface area contributed by atoms with Crippen molar-refractivity contribution in [3.05, 3.63) is 48.0 Å². The van der Waals surface area contributed by atoms with Gasteiger partial charge in [-0.15, -0.1) is 0 Å². The molecule has 0 aromatic heterocycles. The molecule has 0 saturated heterocycles. The van der Waals surface area contributed by atoms with E-state index in [1.165, 1.54) is 21.3 Å². The molecule has 7 nitrogen and oxygen atoms in total. The van der Waals surface area contributed by atoms with Gasteiger partial charge in [-0.1, -0.05) is 30.3 Å². The molecule has 2 rings (SSSR count). The third-order valence-corrected chi connectivity index (χ3v) is 3.95. The van der Waals surface area contributed by atoms with E-state index in [2.05, 4.69) is 10.6 Å². The van der Waals surface area contributed by atoms with Crippen LogP contribution in [-0.2, 0) is 9.59 Å². The van der Waals surface area contributed by atoms with Gasteiger partial charge in [0.1, 0.15) is 6.42 Å². The predicted octanol–water partition coefficient (Wildman–Crippen LogP) is 2.92. The van der Waals surface area contributed by atoms with Gasteiger partial charge in [0, 0.05) is 17.8 Å². The van der Waals surface area contributed by atoms with Crippen molar-refractivity contribution >= 4 is 17.5 Å². The number of rotatable bonds is 8. The highest BCUT2D eigenvalue weighted by atomic mass is 16.5. The van der Waals surface area contributed by atoms with Crippen molar-refractivity contribution in [3.8, 4) is 17.2 Å². The van der Waals surface area contributed by atoms with Gasteiger partial charge >= 0.3 is 0 Å². The lowest BCUT2D eigenvalue weighted by molar-refractivity contribution is -0.127. The third kappa shape index (κ3) is 5.37. The van der Waals surface area contributed by atoms with Crippen molar-refractivity contribution < 1.29 is 23.8 Å². The molecular formula is C20H24N2O5. The average molecular weight is 372 g/mol. The summed E-state index contributed by atoms with van der Waals surface area (Å²) >= 11 is 0. The van der Waals surface area contributed by atoms with Crippen molar-refractivity contribution in [2.45, 2.75) is 19.4 Å². The molecular weight excluding hydrogens is 348 g/mol. The van der Waals surface area contributed by atoms with Gasteiger partial charge in [0.05, 0.1) is 27.4 Å². The highest BCUT2D eigenvalue weighted by Gasteiger charge is 2.17. The number of carbonyl (C=O) groups is 2. The highest BCUT2D eigenvalue weighted by Crippen LogP contribution is 2.39. The fraction of sp³-hybridized carbons (Fsp3) is 0.300. The maximum absolute atomic E-state index is 12.2. The molecule has 0 spiro atoms. The van der Waals surface area contributed by atoms with Crippen LogP contribution in [0.3, 0.4) is 0 Å². The Morgan fingerprint density at radius 1 is 0.926 bits per heavy atom. The standard InChI is InChI=1S/C20H24N2O5/c1-13(14-8-6-5-7-9-14)21-18(23)12-19(24)22-15-10-16(25-2)20(27-4)17(11-15)26-3/h5-11,13H,12H2,1-4H3,(H,21,23)(H,22,24). The van der Waals surface area contributed by atoms with Crippen LogP contribution in [0.5, 0.6) is 17.2 Å². The zero-order valence-electron chi connectivity index (χ0n) is 15.9.